The Kier molecular flexibility index (Phi) is 9.60. The molecule has 0 aromatic carbocycles. The summed E-state index contributed by atoms with van der Waals surface area (Å²) in [5, 5.41) is 14.8. The third kappa shape index (κ3) is 8.25. The molecule has 0 aliphatic rings. The largest absolute Gasteiger partial charge is 0.473 e. The number of H-pyrrole nitrogens is 1. The van der Waals surface area contributed by atoms with Crippen LogP contribution in [0.25, 0.3) is 0 Å². The Morgan fingerprint density at radius 2 is 2.05 bits per heavy atom. The number of aromatic nitrogens is 2. The molecule has 108 valence electrons. The lowest BCUT2D eigenvalue weighted by atomic mass is 10.0. The van der Waals surface area contributed by atoms with E-state index in [-0.39, 0.29) is 0 Å². The van der Waals surface area contributed by atoms with Gasteiger partial charge in [0.15, 0.2) is 0 Å². The number of hydrogen-bond acceptors (Lipinski definition) is 4. The fraction of sp³-hybridized carbons (Fsp3) is 0.583. The lowest BCUT2D eigenvalue weighted by Gasteiger charge is -2.11. The van der Waals surface area contributed by atoms with Crippen molar-refractivity contribution in [1.29, 1.82) is 0 Å². The first-order valence-corrected chi connectivity index (χ1v) is 7.36. The van der Waals surface area contributed by atoms with E-state index in [9.17, 15) is 0 Å². The van der Waals surface area contributed by atoms with Crippen LogP contribution in [0, 0.1) is 0 Å². The van der Waals surface area contributed by atoms with Crippen LogP contribution in [0.3, 0.4) is 0 Å². The number of unbranched alkanes of at least 4 members (excludes halogenated alkanes) is 1. The van der Waals surface area contributed by atoms with Crippen LogP contribution in [0.15, 0.2) is 12.4 Å². The van der Waals surface area contributed by atoms with E-state index in [1.807, 2.05) is 24.2 Å². The number of imidazole rings is 1. The van der Waals surface area contributed by atoms with Gasteiger partial charge in [0.05, 0.1) is 0 Å². The molecular weight excluding hydrogens is 268 g/mol. The molecule has 0 saturated carbocycles. The molecule has 1 aromatic heterocycles. The number of aliphatic carboxylic acids is 2. The molecule has 19 heavy (non-hydrogen) atoms. The lowest BCUT2D eigenvalue weighted by molar-refractivity contribution is -0.159. The van der Waals surface area contributed by atoms with Crippen LogP contribution >= 0.6 is 11.8 Å². The van der Waals surface area contributed by atoms with Crippen molar-refractivity contribution in [2.75, 3.05) is 12.0 Å². The van der Waals surface area contributed by atoms with Gasteiger partial charge in [-0.2, -0.15) is 11.8 Å². The van der Waals surface area contributed by atoms with E-state index in [4.69, 9.17) is 19.8 Å². The molecule has 0 aliphatic heterocycles. The van der Waals surface area contributed by atoms with Gasteiger partial charge in [-0.3, -0.25) is 0 Å². The number of aromatic amines is 1. The van der Waals surface area contributed by atoms with E-state index < -0.39 is 11.9 Å². The van der Waals surface area contributed by atoms with Crippen LogP contribution in [0.1, 0.15) is 37.9 Å². The Balaban J connectivity index is 0.000000459. The summed E-state index contributed by atoms with van der Waals surface area (Å²) in [5.41, 5.74) is 0. The number of hydrogen-bond donors (Lipinski definition) is 3. The third-order valence-electron chi connectivity index (χ3n) is 2.36. The van der Waals surface area contributed by atoms with Gasteiger partial charge in [0.2, 0.25) is 0 Å². The normalized spacial score (nSPS) is 11.3. The van der Waals surface area contributed by atoms with Gasteiger partial charge in [0, 0.05) is 24.1 Å². The monoisotopic (exact) mass is 288 g/mol. The van der Waals surface area contributed by atoms with Crippen molar-refractivity contribution in [2.24, 2.45) is 0 Å². The van der Waals surface area contributed by atoms with E-state index in [0.29, 0.717) is 5.92 Å². The Bertz CT molecular complexity index is 356. The summed E-state index contributed by atoms with van der Waals surface area (Å²) < 4.78 is 0. The fourth-order valence-corrected chi connectivity index (χ4v) is 2.18. The first-order valence-electron chi connectivity index (χ1n) is 5.97. The Morgan fingerprint density at radius 3 is 2.42 bits per heavy atom. The van der Waals surface area contributed by atoms with E-state index in [1.165, 1.54) is 25.0 Å². The number of nitrogens with zero attached hydrogens (tertiary/aromatic N) is 1. The molecule has 1 atom stereocenters. The van der Waals surface area contributed by atoms with Crippen LogP contribution in [-0.2, 0) is 9.59 Å². The van der Waals surface area contributed by atoms with Crippen LogP contribution in [0.2, 0.25) is 0 Å². The van der Waals surface area contributed by atoms with E-state index in [1.54, 1.807) is 0 Å². The number of thioether (sulfide) groups is 1. The number of carboxylic acid groups (broad SMARTS) is 2. The molecule has 3 N–H and O–H groups in total. The highest BCUT2D eigenvalue weighted by Crippen LogP contribution is 2.22. The quantitative estimate of drug-likeness (QED) is 0.693. The SMILES string of the molecule is CCCCC(CSC)c1ncc[nH]1.O=C(O)C(=O)O. The zero-order valence-electron chi connectivity index (χ0n) is 11.1. The summed E-state index contributed by atoms with van der Waals surface area (Å²) in [5.74, 6) is -0.703. The fourth-order valence-electron chi connectivity index (χ4n) is 1.45. The Hall–Kier alpha value is -1.50. The molecule has 0 aliphatic carbocycles. The van der Waals surface area contributed by atoms with Crippen LogP contribution in [0.5, 0.6) is 0 Å². The maximum absolute atomic E-state index is 9.10. The van der Waals surface area contributed by atoms with Gasteiger partial charge in [-0.25, -0.2) is 14.6 Å². The van der Waals surface area contributed by atoms with Crippen molar-refractivity contribution in [3.63, 3.8) is 0 Å². The summed E-state index contributed by atoms with van der Waals surface area (Å²) in [4.78, 5) is 25.7. The maximum atomic E-state index is 9.10. The zero-order valence-corrected chi connectivity index (χ0v) is 11.9. The minimum atomic E-state index is -1.82. The molecule has 1 unspecified atom stereocenters. The number of nitrogens with one attached hydrogen (secondary N) is 1. The van der Waals surface area contributed by atoms with Crippen molar-refractivity contribution in [2.45, 2.75) is 32.1 Å². The molecule has 7 heteroatoms. The molecule has 0 saturated heterocycles. The average Bonchev–Trinajstić information content (AvgIpc) is 2.88. The predicted molar refractivity (Wildman–Crippen MR) is 74.5 cm³/mol. The van der Waals surface area contributed by atoms with Gasteiger partial charge in [0.25, 0.3) is 0 Å². The molecule has 0 amide bonds. The van der Waals surface area contributed by atoms with E-state index in [0.717, 1.165) is 5.82 Å². The molecule has 1 aromatic rings. The van der Waals surface area contributed by atoms with Gasteiger partial charge in [-0.05, 0) is 12.7 Å². The standard InChI is InChI=1S/C10H18N2S.C2H2O4/c1-3-4-5-9(8-13-2)10-11-6-7-12-10;3-1(4)2(5)6/h6-7,9H,3-5,8H2,1-2H3,(H,11,12);(H,3,4)(H,5,6). The molecule has 0 spiro atoms. The van der Waals surface area contributed by atoms with Crippen LogP contribution < -0.4 is 0 Å². The van der Waals surface area contributed by atoms with E-state index in [2.05, 4.69) is 23.1 Å². The zero-order chi connectivity index (χ0) is 14.7. The minimum Gasteiger partial charge on any atom is -0.473 e. The molecular formula is C12H20N2O4S. The van der Waals surface area contributed by atoms with E-state index >= 15 is 0 Å². The second kappa shape index (κ2) is 10.4. The summed E-state index contributed by atoms with van der Waals surface area (Å²) >= 11 is 1.90. The van der Waals surface area contributed by atoms with Crippen LogP contribution in [0.4, 0.5) is 0 Å². The third-order valence-corrected chi connectivity index (χ3v) is 3.10. The maximum Gasteiger partial charge on any atom is 0.414 e. The number of rotatable bonds is 6. The average molecular weight is 288 g/mol. The Labute approximate surface area is 116 Å². The summed E-state index contributed by atoms with van der Waals surface area (Å²) in [6.07, 6.45) is 9.73. The second-order valence-corrected chi connectivity index (χ2v) is 4.79. The van der Waals surface area contributed by atoms with Crippen molar-refractivity contribution in [3.05, 3.63) is 18.2 Å². The molecule has 1 rings (SSSR count). The highest BCUT2D eigenvalue weighted by molar-refractivity contribution is 7.98. The smallest absolute Gasteiger partial charge is 0.414 e. The molecule has 6 nitrogen and oxygen atoms in total. The van der Waals surface area contributed by atoms with Crippen molar-refractivity contribution in [1.82, 2.24) is 9.97 Å². The molecule has 0 fully saturated rings. The van der Waals surface area contributed by atoms with Crippen LogP contribution in [-0.4, -0.2) is 44.1 Å². The number of carboxylic acids is 2. The number of carbonyl (C=O) groups is 2. The topological polar surface area (TPSA) is 103 Å². The predicted octanol–water partition coefficient (Wildman–Crippen LogP) is 2.20. The van der Waals surface area contributed by atoms with Gasteiger partial charge < -0.3 is 15.2 Å². The second-order valence-electron chi connectivity index (χ2n) is 3.88. The van der Waals surface area contributed by atoms with Crippen molar-refractivity contribution >= 4 is 23.7 Å². The first kappa shape index (κ1) is 17.5. The Morgan fingerprint density at radius 1 is 1.42 bits per heavy atom. The van der Waals surface area contributed by atoms with Gasteiger partial charge in [-0.15, -0.1) is 0 Å². The summed E-state index contributed by atoms with van der Waals surface area (Å²) in [6, 6.07) is 0. The molecule has 1 heterocycles. The minimum absolute atomic E-state index is 0.616. The first-order chi connectivity index (χ1) is 9.02. The molecule has 0 radical (unpaired) electrons. The van der Waals surface area contributed by atoms with Crippen molar-refractivity contribution in [3.8, 4) is 0 Å². The van der Waals surface area contributed by atoms with Gasteiger partial charge >= 0.3 is 11.9 Å². The summed E-state index contributed by atoms with van der Waals surface area (Å²) in [7, 11) is 0. The van der Waals surface area contributed by atoms with Crippen molar-refractivity contribution < 1.29 is 19.8 Å². The van der Waals surface area contributed by atoms with Gasteiger partial charge in [0.1, 0.15) is 5.82 Å². The molecule has 0 bridgehead atoms. The highest BCUT2D eigenvalue weighted by atomic mass is 32.2. The summed E-state index contributed by atoms with van der Waals surface area (Å²) in [6.45, 7) is 2.23. The van der Waals surface area contributed by atoms with Gasteiger partial charge in [-0.1, -0.05) is 19.8 Å². The lowest BCUT2D eigenvalue weighted by Crippen LogP contribution is -2.09. The highest BCUT2D eigenvalue weighted by Gasteiger charge is 2.12.